The van der Waals surface area contributed by atoms with Crippen molar-refractivity contribution in [2.24, 2.45) is 10.8 Å². The quantitative estimate of drug-likeness (QED) is 0.276. The molecule has 8 heteroatoms. The molecule has 2 aliphatic carbocycles. The van der Waals surface area contributed by atoms with Gasteiger partial charge < -0.3 is 28.4 Å². The Morgan fingerprint density at radius 1 is 1.00 bits per heavy atom. The van der Waals surface area contributed by atoms with E-state index in [2.05, 4.69) is 19.9 Å². The van der Waals surface area contributed by atoms with Crippen LogP contribution in [0.4, 0.5) is 0 Å². The first kappa shape index (κ1) is 25.0. The predicted octanol–water partition coefficient (Wildman–Crippen LogP) is 3.71. The molecule has 0 N–H and O–H groups in total. The molecule has 6 aliphatic rings. The Hall–Kier alpha value is -2.26. The number of cyclic esters (lactones) is 1. The Labute approximate surface area is 217 Å². The molecular weight excluding hydrogens is 476 g/mol. The van der Waals surface area contributed by atoms with Gasteiger partial charge in [0, 0.05) is 36.8 Å². The van der Waals surface area contributed by atoms with Crippen LogP contribution in [0.1, 0.15) is 52.9 Å². The maximum Gasteiger partial charge on any atom is 0.331 e. The first-order chi connectivity index (χ1) is 17.8. The maximum absolute atomic E-state index is 13.0. The molecule has 8 atom stereocenters. The van der Waals surface area contributed by atoms with Gasteiger partial charge in [-0.15, -0.1) is 0 Å². The number of ether oxygens (including phenoxy) is 6. The number of carbonyl (C=O) groups is 2. The molecule has 4 aliphatic heterocycles. The minimum atomic E-state index is -0.587. The van der Waals surface area contributed by atoms with Crippen LogP contribution in [0.5, 0.6) is 0 Å². The van der Waals surface area contributed by atoms with Crippen molar-refractivity contribution in [2.75, 3.05) is 19.8 Å². The normalized spacial score (nSPS) is 48.8. The minimum absolute atomic E-state index is 0.130. The van der Waals surface area contributed by atoms with Gasteiger partial charge in [-0.2, -0.15) is 0 Å². The molecule has 4 heterocycles. The van der Waals surface area contributed by atoms with E-state index in [4.69, 9.17) is 28.4 Å². The third-order valence-electron chi connectivity index (χ3n) is 9.50. The van der Waals surface area contributed by atoms with Crippen LogP contribution in [0.25, 0.3) is 0 Å². The van der Waals surface area contributed by atoms with Crippen molar-refractivity contribution in [3.8, 4) is 0 Å². The summed E-state index contributed by atoms with van der Waals surface area (Å²) in [5, 5.41) is 0. The highest BCUT2D eigenvalue weighted by Crippen LogP contribution is 2.72. The van der Waals surface area contributed by atoms with Crippen molar-refractivity contribution in [1.29, 1.82) is 0 Å². The number of allylic oxidation sites excluding steroid dienone is 3. The van der Waals surface area contributed by atoms with Crippen molar-refractivity contribution in [1.82, 2.24) is 0 Å². The molecule has 0 aromatic carbocycles. The number of rotatable bonds is 0. The van der Waals surface area contributed by atoms with Gasteiger partial charge in [0.05, 0.1) is 36.9 Å². The maximum atomic E-state index is 13.0. The van der Waals surface area contributed by atoms with E-state index in [0.29, 0.717) is 26.1 Å². The van der Waals surface area contributed by atoms with Crippen LogP contribution in [0, 0.1) is 10.8 Å². The van der Waals surface area contributed by atoms with Gasteiger partial charge in [0.15, 0.2) is 6.29 Å². The molecule has 8 nitrogen and oxygen atoms in total. The average molecular weight is 513 g/mol. The fraction of sp³-hybridized carbons (Fsp3) is 0.655. The predicted molar refractivity (Wildman–Crippen MR) is 132 cm³/mol. The van der Waals surface area contributed by atoms with Crippen LogP contribution in [-0.4, -0.2) is 68.1 Å². The molecule has 2 unspecified atom stereocenters. The van der Waals surface area contributed by atoms with Gasteiger partial charge in [0.2, 0.25) is 0 Å². The van der Waals surface area contributed by atoms with Crippen molar-refractivity contribution in [3.05, 3.63) is 47.6 Å². The molecule has 2 spiro atoms. The molecule has 0 aromatic heterocycles. The Bertz CT molecular complexity index is 1080. The summed E-state index contributed by atoms with van der Waals surface area (Å²) in [6.07, 6.45) is 12.5. The van der Waals surface area contributed by atoms with E-state index in [-0.39, 0.29) is 24.9 Å². The van der Waals surface area contributed by atoms with Crippen molar-refractivity contribution in [2.45, 2.75) is 89.2 Å². The van der Waals surface area contributed by atoms with Crippen LogP contribution in [0.15, 0.2) is 47.6 Å². The van der Waals surface area contributed by atoms with Crippen LogP contribution in [0.3, 0.4) is 0 Å². The molecular formula is C29H36O8. The van der Waals surface area contributed by atoms with Gasteiger partial charge in [-0.3, -0.25) is 0 Å². The monoisotopic (exact) mass is 512 g/mol. The number of carbonyl (C=O) groups excluding carboxylic acids is 2. The van der Waals surface area contributed by atoms with Gasteiger partial charge in [-0.1, -0.05) is 42.4 Å². The lowest BCUT2D eigenvalue weighted by Gasteiger charge is -2.58. The first-order valence-electron chi connectivity index (χ1n) is 13.4. The summed E-state index contributed by atoms with van der Waals surface area (Å²) >= 11 is 0. The van der Waals surface area contributed by atoms with Gasteiger partial charge in [-0.25, -0.2) is 9.59 Å². The second-order valence-electron chi connectivity index (χ2n) is 11.6. The Balaban J connectivity index is 1.37. The van der Waals surface area contributed by atoms with E-state index < -0.39 is 40.8 Å². The molecule has 6 rings (SSSR count). The summed E-state index contributed by atoms with van der Waals surface area (Å²) < 4.78 is 36.6. The van der Waals surface area contributed by atoms with Gasteiger partial charge in [0.25, 0.3) is 0 Å². The zero-order chi connectivity index (χ0) is 25.8. The Kier molecular flexibility index (Phi) is 6.22. The summed E-state index contributed by atoms with van der Waals surface area (Å²) in [4.78, 5) is 26.0. The number of fused-ring (bicyclic) bond motifs is 2. The molecule has 0 radical (unpaired) electrons. The van der Waals surface area contributed by atoms with E-state index in [0.717, 1.165) is 24.8 Å². The van der Waals surface area contributed by atoms with Crippen LogP contribution in [0.2, 0.25) is 0 Å². The van der Waals surface area contributed by atoms with Gasteiger partial charge >= 0.3 is 11.9 Å². The van der Waals surface area contributed by atoms with Crippen LogP contribution >= 0.6 is 0 Å². The van der Waals surface area contributed by atoms with E-state index in [1.807, 2.05) is 19.1 Å². The second kappa shape index (κ2) is 9.19. The average Bonchev–Trinajstić information content (AvgIpc) is 3.63. The second-order valence-corrected chi connectivity index (χ2v) is 11.6. The van der Waals surface area contributed by atoms with Crippen molar-refractivity contribution < 1.29 is 38.0 Å². The first-order valence-corrected chi connectivity index (χ1v) is 13.4. The van der Waals surface area contributed by atoms with Crippen LogP contribution in [-0.2, 0) is 38.0 Å². The molecule has 3 saturated heterocycles. The van der Waals surface area contributed by atoms with Crippen LogP contribution < -0.4 is 0 Å². The Morgan fingerprint density at radius 3 is 2.65 bits per heavy atom. The number of epoxide rings is 1. The largest absolute Gasteiger partial charge is 0.462 e. The summed E-state index contributed by atoms with van der Waals surface area (Å²) in [6.45, 7) is 7.40. The molecule has 4 fully saturated rings. The SMILES string of the molecule is CC1=C[C@H]2O[C@@H]3C[C@H]4OC(=O)/C=C\C=C\C5CCOC(C/C(C)=C\C(=O)OC[C@@]2(CC1)[C@]4(C)[C@]31CO1)O5. The summed E-state index contributed by atoms with van der Waals surface area (Å²) in [5.74, 6) is -0.813. The fourth-order valence-electron chi connectivity index (χ4n) is 7.27. The molecule has 4 bridgehead atoms. The smallest absolute Gasteiger partial charge is 0.331 e. The number of esters is 2. The van der Waals surface area contributed by atoms with Crippen molar-refractivity contribution >= 4 is 11.9 Å². The van der Waals surface area contributed by atoms with E-state index in [1.165, 1.54) is 17.7 Å². The lowest BCUT2D eigenvalue weighted by atomic mass is 9.51. The molecule has 37 heavy (non-hydrogen) atoms. The summed E-state index contributed by atoms with van der Waals surface area (Å²) in [5.41, 5.74) is 0.378. The highest BCUT2D eigenvalue weighted by Gasteiger charge is 2.83. The van der Waals surface area contributed by atoms with Gasteiger partial charge in [0.1, 0.15) is 18.3 Å². The molecule has 1 saturated carbocycles. The highest BCUT2D eigenvalue weighted by atomic mass is 16.7. The van der Waals surface area contributed by atoms with E-state index in [1.54, 1.807) is 6.08 Å². The third kappa shape index (κ3) is 4.04. The minimum Gasteiger partial charge on any atom is -0.462 e. The molecule has 0 aromatic rings. The third-order valence-corrected chi connectivity index (χ3v) is 9.50. The zero-order valence-electron chi connectivity index (χ0n) is 21.8. The Morgan fingerprint density at radius 2 is 1.84 bits per heavy atom. The highest BCUT2D eigenvalue weighted by molar-refractivity contribution is 5.83. The summed E-state index contributed by atoms with van der Waals surface area (Å²) in [6, 6.07) is 0. The zero-order valence-corrected chi connectivity index (χ0v) is 21.8. The lowest BCUT2D eigenvalue weighted by Crippen LogP contribution is -2.66. The molecule has 200 valence electrons. The summed E-state index contributed by atoms with van der Waals surface area (Å²) in [7, 11) is 0. The fourth-order valence-corrected chi connectivity index (χ4v) is 7.27. The lowest BCUT2D eigenvalue weighted by molar-refractivity contribution is -0.232. The van der Waals surface area contributed by atoms with E-state index >= 15 is 0 Å². The molecule has 0 amide bonds. The number of hydrogen-bond donors (Lipinski definition) is 0. The van der Waals surface area contributed by atoms with Gasteiger partial charge in [-0.05, 0) is 26.7 Å². The number of hydrogen-bond acceptors (Lipinski definition) is 8. The van der Waals surface area contributed by atoms with Crippen molar-refractivity contribution in [3.63, 3.8) is 0 Å². The van der Waals surface area contributed by atoms with E-state index in [9.17, 15) is 9.59 Å². The standard InChI is InChI=1S/C29H36O8/c1-18-8-10-28-16-33-25(31)13-19(2)14-26-32-11-9-20(35-26)6-4-5-7-24(30)37-21-15-23(36-22(28)12-18)29(17-34-29)27(21,28)3/h4-7,12-13,20-23,26H,8-11,14-17H2,1-3H3/b6-4+,7-5-,19-13-/t20?,21-,22-,23-,26?,27-,28-,29+/m1/s1. The topological polar surface area (TPSA) is 92.8 Å².